The van der Waals surface area contributed by atoms with Crippen LogP contribution in [0.4, 0.5) is 5.69 Å². The second kappa shape index (κ2) is 8.23. The van der Waals surface area contributed by atoms with Crippen molar-refractivity contribution in [1.82, 2.24) is 0 Å². The van der Waals surface area contributed by atoms with Gasteiger partial charge in [0.2, 0.25) is 0 Å². The first-order chi connectivity index (χ1) is 14.1. The maximum atomic E-state index is 13.3. The maximum Gasteiger partial charge on any atom is 0.282 e. The largest absolute Gasteiger partial charge is 0.497 e. The van der Waals surface area contributed by atoms with Crippen LogP contribution >= 0.6 is 27.5 Å². The molecule has 29 heavy (non-hydrogen) atoms. The highest BCUT2D eigenvalue weighted by Gasteiger charge is 2.33. The summed E-state index contributed by atoms with van der Waals surface area (Å²) in [6, 6.07) is 22.3. The highest BCUT2D eigenvalue weighted by molar-refractivity contribution is 9.10. The minimum Gasteiger partial charge on any atom is -0.497 e. The third-order valence-corrected chi connectivity index (χ3v) is 5.42. The average molecular weight is 468 g/mol. The van der Waals surface area contributed by atoms with E-state index >= 15 is 0 Å². The van der Waals surface area contributed by atoms with Gasteiger partial charge in [0.15, 0.2) is 0 Å². The molecule has 1 aliphatic heterocycles. The number of nitrogens with zero attached hydrogens (tertiary/aromatic N) is 2. The molecule has 0 aromatic heterocycles. The Bertz CT molecular complexity index is 1120. The molecule has 0 fully saturated rings. The van der Waals surface area contributed by atoms with Crippen molar-refractivity contribution in [3.63, 3.8) is 0 Å². The number of carbonyl (C=O) groups excluding carboxylic acids is 1. The number of anilines is 1. The van der Waals surface area contributed by atoms with E-state index < -0.39 is 0 Å². The van der Waals surface area contributed by atoms with E-state index in [1.165, 1.54) is 0 Å². The minimum absolute atomic E-state index is 0.200. The fourth-order valence-electron chi connectivity index (χ4n) is 3.03. The summed E-state index contributed by atoms with van der Waals surface area (Å²) in [5, 5.41) is 0.605. The van der Waals surface area contributed by atoms with Crippen molar-refractivity contribution < 1.29 is 9.53 Å². The molecule has 0 saturated carbocycles. The molecule has 0 N–H and O–H groups in total. The van der Waals surface area contributed by atoms with E-state index in [0.717, 1.165) is 21.3 Å². The fourth-order valence-corrected chi connectivity index (χ4v) is 3.62. The number of benzene rings is 3. The number of methoxy groups -OCH3 is 1. The molecule has 144 valence electrons. The van der Waals surface area contributed by atoms with E-state index in [2.05, 4.69) is 20.9 Å². The van der Waals surface area contributed by atoms with E-state index in [0.29, 0.717) is 22.2 Å². The molecule has 0 saturated heterocycles. The van der Waals surface area contributed by atoms with Crippen LogP contribution in [0, 0.1) is 0 Å². The van der Waals surface area contributed by atoms with Crippen molar-refractivity contribution >= 4 is 51.0 Å². The molecule has 0 radical (unpaired) electrons. The number of halogens is 2. The van der Waals surface area contributed by atoms with Crippen LogP contribution in [0.25, 0.3) is 6.08 Å². The number of ether oxygens (including phenoxy) is 1. The van der Waals surface area contributed by atoms with Gasteiger partial charge in [-0.2, -0.15) is 0 Å². The van der Waals surface area contributed by atoms with Gasteiger partial charge in [0, 0.05) is 15.1 Å². The number of aliphatic imine (C=N–C) groups is 1. The van der Waals surface area contributed by atoms with Crippen molar-refractivity contribution in [2.45, 2.75) is 0 Å². The number of amides is 1. The molecule has 6 heteroatoms. The number of rotatable bonds is 4. The molecule has 1 heterocycles. The van der Waals surface area contributed by atoms with E-state index in [9.17, 15) is 4.79 Å². The van der Waals surface area contributed by atoms with Crippen molar-refractivity contribution in [3.8, 4) is 5.75 Å². The third kappa shape index (κ3) is 3.97. The summed E-state index contributed by atoms with van der Waals surface area (Å²) in [5.74, 6) is 1.11. The highest BCUT2D eigenvalue weighted by Crippen LogP contribution is 2.31. The van der Waals surface area contributed by atoms with Gasteiger partial charge in [-0.15, -0.1) is 0 Å². The molecule has 3 aromatic rings. The zero-order chi connectivity index (χ0) is 20.4. The van der Waals surface area contributed by atoms with E-state index in [1.54, 1.807) is 30.2 Å². The second-order valence-corrected chi connectivity index (χ2v) is 7.63. The Kier molecular flexibility index (Phi) is 5.51. The van der Waals surface area contributed by atoms with Crippen LogP contribution in [-0.2, 0) is 4.79 Å². The Morgan fingerprint density at radius 1 is 1.00 bits per heavy atom. The molecule has 0 unspecified atom stereocenters. The first kappa shape index (κ1) is 19.4. The lowest BCUT2D eigenvalue weighted by Gasteiger charge is -2.19. The molecular weight excluding hydrogens is 452 g/mol. The van der Waals surface area contributed by atoms with Crippen molar-refractivity contribution in [2.24, 2.45) is 4.99 Å². The van der Waals surface area contributed by atoms with Crippen molar-refractivity contribution in [3.05, 3.63) is 99.1 Å². The zero-order valence-electron chi connectivity index (χ0n) is 15.5. The first-order valence-corrected chi connectivity index (χ1v) is 10.0. The standard InChI is InChI=1S/C23H16BrClN2O2/c1-29-18-12-6-15(7-13-18)14-21-23(28)27(17-10-8-16(25)9-11-17)22(26-21)19-4-2-3-5-20(19)24/h2-14H,1H3/b21-14+. The van der Waals surface area contributed by atoms with Gasteiger partial charge in [0.25, 0.3) is 5.91 Å². The van der Waals surface area contributed by atoms with Crippen LogP contribution < -0.4 is 9.64 Å². The van der Waals surface area contributed by atoms with Crippen molar-refractivity contribution in [1.29, 1.82) is 0 Å². The van der Waals surface area contributed by atoms with Gasteiger partial charge in [-0.3, -0.25) is 9.69 Å². The Balaban J connectivity index is 1.81. The number of carbonyl (C=O) groups is 1. The highest BCUT2D eigenvalue weighted by atomic mass is 79.9. The molecule has 4 nitrogen and oxygen atoms in total. The molecule has 1 aliphatic rings. The van der Waals surface area contributed by atoms with Gasteiger partial charge in [-0.05, 0) is 54.1 Å². The molecule has 0 aliphatic carbocycles. The molecular formula is C23H16BrClN2O2. The van der Waals surface area contributed by atoms with E-state index in [-0.39, 0.29) is 5.91 Å². The lowest BCUT2D eigenvalue weighted by atomic mass is 10.1. The summed E-state index contributed by atoms with van der Waals surface area (Å²) in [6.45, 7) is 0. The normalized spacial score (nSPS) is 15.0. The van der Waals surface area contributed by atoms with Crippen LogP contribution in [0.5, 0.6) is 5.75 Å². The molecule has 0 bridgehead atoms. The second-order valence-electron chi connectivity index (χ2n) is 6.33. The first-order valence-electron chi connectivity index (χ1n) is 8.86. The molecule has 1 amide bonds. The van der Waals surface area contributed by atoms with Gasteiger partial charge >= 0.3 is 0 Å². The maximum absolute atomic E-state index is 13.3. The van der Waals surface area contributed by atoms with E-state index in [1.807, 2.05) is 60.7 Å². The van der Waals surface area contributed by atoms with Crippen LogP contribution in [0.2, 0.25) is 5.02 Å². The quantitative estimate of drug-likeness (QED) is 0.445. The minimum atomic E-state index is -0.200. The number of amidine groups is 1. The lowest BCUT2D eigenvalue weighted by molar-refractivity contribution is -0.113. The molecule has 0 atom stereocenters. The number of hydrogen-bond acceptors (Lipinski definition) is 3. The average Bonchev–Trinajstić information content (AvgIpc) is 3.05. The Labute approximate surface area is 182 Å². The summed E-state index contributed by atoms with van der Waals surface area (Å²) in [4.78, 5) is 19.6. The Morgan fingerprint density at radius 2 is 1.69 bits per heavy atom. The lowest BCUT2D eigenvalue weighted by Crippen LogP contribution is -2.32. The fraction of sp³-hybridized carbons (Fsp3) is 0.0435. The van der Waals surface area contributed by atoms with E-state index in [4.69, 9.17) is 16.3 Å². The van der Waals surface area contributed by atoms with Gasteiger partial charge in [-0.25, -0.2) is 4.99 Å². The zero-order valence-corrected chi connectivity index (χ0v) is 17.8. The third-order valence-electron chi connectivity index (χ3n) is 4.48. The Morgan fingerprint density at radius 3 is 2.34 bits per heavy atom. The van der Waals surface area contributed by atoms with Crippen LogP contribution in [-0.4, -0.2) is 18.9 Å². The summed E-state index contributed by atoms with van der Waals surface area (Å²) >= 11 is 9.60. The summed E-state index contributed by atoms with van der Waals surface area (Å²) in [5.41, 5.74) is 2.75. The summed E-state index contributed by atoms with van der Waals surface area (Å²) in [6.07, 6.45) is 1.77. The smallest absolute Gasteiger partial charge is 0.282 e. The van der Waals surface area contributed by atoms with Gasteiger partial charge in [-0.1, -0.05) is 57.9 Å². The molecule has 3 aromatic carbocycles. The van der Waals surface area contributed by atoms with Crippen LogP contribution in [0.1, 0.15) is 11.1 Å². The van der Waals surface area contributed by atoms with Crippen LogP contribution in [0.3, 0.4) is 0 Å². The number of hydrogen-bond donors (Lipinski definition) is 0. The van der Waals surface area contributed by atoms with Gasteiger partial charge in [0.05, 0.1) is 12.8 Å². The molecule has 4 rings (SSSR count). The predicted octanol–water partition coefficient (Wildman–Crippen LogP) is 5.95. The molecule has 0 spiro atoms. The Hall–Kier alpha value is -2.89. The summed E-state index contributed by atoms with van der Waals surface area (Å²) < 4.78 is 6.05. The summed E-state index contributed by atoms with van der Waals surface area (Å²) in [7, 11) is 1.62. The van der Waals surface area contributed by atoms with Crippen LogP contribution in [0.15, 0.2) is 88.0 Å². The monoisotopic (exact) mass is 466 g/mol. The topological polar surface area (TPSA) is 41.9 Å². The van der Waals surface area contributed by atoms with Crippen molar-refractivity contribution in [2.75, 3.05) is 12.0 Å². The SMILES string of the molecule is COc1ccc(/C=C2/N=C(c3ccccc3Br)N(c3ccc(Cl)cc3)C2=O)cc1. The van der Waals surface area contributed by atoms with Gasteiger partial charge < -0.3 is 4.74 Å². The van der Waals surface area contributed by atoms with Gasteiger partial charge in [0.1, 0.15) is 17.3 Å². The predicted molar refractivity (Wildman–Crippen MR) is 121 cm³/mol.